The molecule has 1 aliphatic rings. The lowest BCUT2D eigenvalue weighted by molar-refractivity contribution is -0.139. The number of carbonyl (C=O) groups excluding carboxylic acids is 1. The van der Waals surface area contributed by atoms with Crippen LogP contribution in [0.2, 0.25) is 0 Å². The predicted octanol–water partition coefficient (Wildman–Crippen LogP) is 7.14. The third-order valence-corrected chi connectivity index (χ3v) is 7.48. The van der Waals surface area contributed by atoms with Gasteiger partial charge in [-0.05, 0) is 55.2 Å². The Labute approximate surface area is 231 Å². The summed E-state index contributed by atoms with van der Waals surface area (Å²) in [6.45, 7) is 6.99. The Morgan fingerprint density at radius 3 is 2.51 bits per heavy atom. The maximum absolute atomic E-state index is 13.2. The molecule has 196 valence electrons. The van der Waals surface area contributed by atoms with Crippen molar-refractivity contribution in [2.45, 2.75) is 64.3 Å². The van der Waals surface area contributed by atoms with Crippen LogP contribution in [0.4, 0.5) is 5.95 Å². The molecule has 1 unspecified atom stereocenters. The average Bonchev–Trinajstić information content (AvgIpc) is 3.30. The fourth-order valence-electron chi connectivity index (χ4n) is 3.95. The van der Waals surface area contributed by atoms with E-state index in [9.17, 15) is 4.79 Å². The number of hydrogen-bond donors (Lipinski definition) is 1. The summed E-state index contributed by atoms with van der Waals surface area (Å²) < 4.78 is 14.5. The number of allylic oxidation sites excluding steroid dienone is 1. The lowest BCUT2D eigenvalue weighted by Gasteiger charge is -2.28. The highest BCUT2D eigenvalue weighted by atomic mass is 79.9. The van der Waals surface area contributed by atoms with Crippen molar-refractivity contribution < 1.29 is 14.3 Å². The molecule has 1 atom stereocenters. The van der Waals surface area contributed by atoms with Crippen LogP contribution in [0.3, 0.4) is 0 Å². The van der Waals surface area contributed by atoms with Crippen LogP contribution >= 0.6 is 27.7 Å². The number of thioether (sulfide) groups is 1. The van der Waals surface area contributed by atoms with Crippen LogP contribution in [0.25, 0.3) is 0 Å². The van der Waals surface area contributed by atoms with Crippen LogP contribution in [0, 0.1) is 0 Å². The first kappa shape index (κ1) is 27.3. The molecule has 1 aromatic heterocycles. The SMILES string of the molecule is CCCCOC(=O)C1=C(C)Nc2nc(SCCCC)nn2C1c1ccc(OCc2ccc(Br)cc2)cc1. The van der Waals surface area contributed by atoms with Crippen molar-refractivity contribution in [2.75, 3.05) is 17.7 Å². The molecule has 0 radical (unpaired) electrons. The van der Waals surface area contributed by atoms with Gasteiger partial charge in [0, 0.05) is 15.9 Å². The Morgan fingerprint density at radius 1 is 1.08 bits per heavy atom. The molecule has 37 heavy (non-hydrogen) atoms. The van der Waals surface area contributed by atoms with E-state index in [-0.39, 0.29) is 5.97 Å². The van der Waals surface area contributed by atoms with Gasteiger partial charge in [-0.3, -0.25) is 0 Å². The monoisotopic (exact) mass is 584 g/mol. The maximum atomic E-state index is 13.2. The van der Waals surface area contributed by atoms with E-state index in [2.05, 4.69) is 35.1 Å². The number of rotatable bonds is 12. The van der Waals surface area contributed by atoms with Crippen LogP contribution in [-0.2, 0) is 16.1 Å². The Balaban J connectivity index is 1.59. The van der Waals surface area contributed by atoms with E-state index in [4.69, 9.17) is 19.6 Å². The molecule has 7 nitrogen and oxygen atoms in total. The summed E-state index contributed by atoms with van der Waals surface area (Å²) in [5.74, 6) is 2.00. The van der Waals surface area contributed by atoms with Gasteiger partial charge in [0.25, 0.3) is 0 Å². The summed E-state index contributed by atoms with van der Waals surface area (Å²) in [7, 11) is 0. The smallest absolute Gasteiger partial charge is 0.338 e. The Kier molecular flexibility index (Phi) is 9.68. The average molecular weight is 586 g/mol. The lowest BCUT2D eigenvalue weighted by atomic mass is 9.96. The summed E-state index contributed by atoms with van der Waals surface area (Å²) in [5, 5.41) is 8.75. The number of unbranched alkanes of at least 4 members (excludes halogenated alkanes) is 2. The molecule has 0 saturated carbocycles. The molecule has 0 fully saturated rings. The van der Waals surface area contributed by atoms with Crippen LogP contribution < -0.4 is 10.1 Å². The number of benzene rings is 2. The van der Waals surface area contributed by atoms with Crippen LogP contribution in [0.15, 0.2) is 69.4 Å². The molecule has 2 heterocycles. The van der Waals surface area contributed by atoms with Gasteiger partial charge in [-0.25, -0.2) is 9.48 Å². The molecule has 0 saturated heterocycles. The van der Waals surface area contributed by atoms with E-state index < -0.39 is 6.04 Å². The van der Waals surface area contributed by atoms with Crippen LogP contribution in [0.1, 0.15) is 63.6 Å². The highest BCUT2D eigenvalue weighted by Gasteiger charge is 2.35. The fourth-order valence-corrected chi connectivity index (χ4v) is 5.13. The number of fused-ring (bicyclic) bond motifs is 1. The van der Waals surface area contributed by atoms with E-state index in [1.165, 1.54) is 0 Å². The first-order valence-corrected chi connectivity index (χ1v) is 14.5. The topological polar surface area (TPSA) is 78.3 Å². The van der Waals surface area contributed by atoms with Gasteiger partial charge in [-0.2, -0.15) is 4.98 Å². The summed E-state index contributed by atoms with van der Waals surface area (Å²) in [6.07, 6.45) is 4.00. The van der Waals surface area contributed by atoms with Gasteiger partial charge in [0.2, 0.25) is 11.1 Å². The van der Waals surface area contributed by atoms with Crippen LogP contribution in [-0.4, -0.2) is 33.1 Å². The highest BCUT2D eigenvalue weighted by molar-refractivity contribution is 9.10. The van der Waals surface area contributed by atoms with Crippen molar-refractivity contribution in [3.05, 3.63) is 75.4 Å². The molecule has 9 heteroatoms. The first-order chi connectivity index (χ1) is 18.0. The second kappa shape index (κ2) is 13.1. The molecule has 0 spiro atoms. The molecule has 1 aliphatic heterocycles. The number of ether oxygens (including phenoxy) is 2. The standard InChI is InChI=1S/C28H33BrN4O3S/c1-4-6-16-35-26(34)24-19(3)30-27-31-28(37-17-7-5-2)32-33(27)25(24)21-10-14-23(15-11-21)36-18-20-8-12-22(29)13-9-20/h8-15,25H,4-7,16-18H2,1-3H3,(H,30,31,32). The van der Waals surface area contributed by atoms with E-state index in [0.29, 0.717) is 29.9 Å². The van der Waals surface area contributed by atoms with Gasteiger partial charge < -0.3 is 14.8 Å². The summed E-state index contributed by atoms with van der Waals surface area (Å²) in [4.78, 5) is 17.9. The van der Waals surface area contributed by atoms with Gasteiger partial charge in [0.1, 0.15) is 18.4 Å². The summed E-state index contributed by atoms with van der Waals surface area (Å²) >= 11 is 5.09. The minimum atomic E-state index is -0.445. The highest BCUT2D eigenvalue weighted by Crippen LogP contribution is 2.37. The maximum Gasteiger partial charge on any atom is 0.338 e. The quantitative estimate of drug-likeness (QED) is 0.138. The molecular weight excluding hydrogens is 552 g/mol. The number of halogens is 1. The molecule has 1 N–H and O–H groups in total. The molecule has 2 aromatic carbocycles. The van der Waals surface area contributed by atoms with Crippen LogP contribution in [0.5, 0.6) is 5.75 Å². The summed E-state index contributed by atoms with van der Waals surface area (Å²) in [6, 6.07) is 15.4. The van der Waals surface area contributed by atoms with Crippen molar-refractivity contribution in [3.63, 3.8) is 0 Å². The van der Waals surface area contributed by atoms with Gasteiger partial charge in [0.05, 0.1) is 12.2 Å². The zero-order valence-electron chi connectivity index (χ0n) is 21.5. The number of anilines is 1. The normalized spacial score (nSPS) is 14.8. The zero-order valence-corrected chi connectivity index (χ0v) is 23.9. The molecule has 0 aliphatic carbocycles. The molecule has 3 aromatic rings. The molecule has 0 bridgehead atoms. The molecular formula is C28H33BrN4O3S. The third-order valence-electron chi connectivity index (χ3n) is 6.03. The summed E-state index contributed by atoms with van der Waals surface area (Å²) in [5.41, 5.74) is 3.27. The van der Waals surface area contributed by atoms with Crippen molar-refractivity contribution in [2.24, 2.45) is 0 Å². The zero-order chi connectivity index (χ0) is 26.2. The van der Waals surface area contributed by atoms with Crippen molar-refractivity contribution in [3.8, 4) is 5.75 Å². The van der Waals surface area contributed by atoms with Gasteiger partial charge in [-0.1, -0.05) is 78.6 Å². The molecule has 0 amide bonds. The number of aromatic nitrogens is 3. The lowest BCUT2D eigenvalue weighted by Crippen LogP contribution is -2.29. The Bertz CT molecular complexity index is 1230. The van der Waals surface area contributed by atoms with Crippen molar-refractivity contribution >= 4 is 39.6 Å². The van der Waals surface area contributed by atoms with Crippen molar-refractivity contribution in [1.82, 2.24) is 14.8 Å². The minimum absolute atomic E-state index is 0.333. The van der Waals surface area contributed by atoms with Gasteiger partial charge in [0.15, 0.2) is 0 Å². The second-order valence-electron chi connectivity index (χ2n) is 8.90. The third kappa shape index (κ3) is 6.96. The molecule has 4 rings (SSSR count). The number of nitrogens with one attached hydrogen (secondary N) is 1. The Morgan fingerprint density at radius 2 is 1.81 bits per heavy atom. The largest absolute Gasteiger partial charge is 0.489 e. The van der Waals surface area contributed by atoms with Gasteiger partial charge in [-0.15, -0.1) is 5.10 Å². The van der Waals surface area contributed by atoms with E-state index in [0.717, 1.165) is 58.5 Å². The second-order valence-corrected chi connectivity index (χ2v) is 10.9. The minimum Gasteiger partial charge on any atom is -0.489 e. The van der Waals surface area contributed by atoms with Gasteiger partial charge >= 0.3 is 5.97 Å². The fraction of sp³-hybridized carbons (Fsp3) is 0.393. The number of nitrogens with zero attached hydrogens (tertiary/aromatic N) is 3. The Hall–Kier alpha value is -2.78. The van der Waals surface area contributed by atoms with Crippen molar-refractivity contribution in [1.29, 1.82) is 0 Å². The number of carbonyl (C=O) groups is 1. The number of hydrogen-bond acceptors (Lipinski definition) is 7. The first-order valence-electron chi connectivity index (χ1n) is 12.7. The van der Waals surface area contributed by atoms with E-state index in [1.807, 2.05) is 55.5 Å². The van der Waals surface area contributed by atoms with E-state index in [1.54, 1.807) is 16.4 Å². The predicted molar refractivity (Wildman–Crippen MR) is 151 cm³/mol. The number of esters is 1. The van der Waals surface area contributed by atoms with E-state index >= 15 is 0 Å².